The van der Waals surface area contributed by atoms with Crippen LogP contribution in [0.5, 0.6) is 0 Å². The van der Waals surface area contributed by atoms with Gasteiger partial charge in [0.05, 0.1) is 0 Å². The van der Waals surface area contributed by atoms with Gasteiger partial charge in [-0.05, 0) is 29.2 Å². The van der Waals surface area contributed by atoms with E-state index in [4.69, 9.17) is 0 Å². The molecule has 3 aromatic carbocycles. The summed E-state index contributed by atoms with van der Waals surface area (Å²) in [5.41, 5.74) is 2.66. The maximum atomic E-state index is 13.6. The predicted octanol–water partition coefficient (Wildman–Crippen LogP) is 4.67. The van der Waals surface area contributed by atoms with Crippen LogP contribution in [0, 0.1) is 5.92 Å². The topological polar surface area (TPSA) is 49.4 Å². The maximum Gasteiger partial charge on any atom is 0.251 e. The largest absolute Gasteiger partial charge is 0.340 e. The molecule has 4 nitrogen and oxygen atoms in total. The standard InChI is InChI=1S/C26H28N2O2/c1-20(2)24(27-25(29)23-16-10-5-11-17-23)26(30)28(18-21-12-6-3-7-13-21)19-22-14-8-4-9-15-22/h3-17,20,24H,18-19H2,1-2H3,(H,27,29)/t24-/m0/s1. The van der Waals surface area contributed by atoms with Crippen molar-refractivity contribution in [2.45, 2.75) is 33.0 Å². The Morgan fingerprint density at radius 2 is 1.17 bits per heavy atom. The van der Waals surface area contributed by atoms with Crippen LogP contribution in [0.3, 0.4) is 0 Å². The lowest BCUT2D eigenvalue weighted by atomic mass is 10.0. The van der Waals surface area contributed by atoms with E-state index in [0.29, 0.717) is 18.7 Å². The van der Waals surface area contributed by atoms with Crippen LogP contribution >= 0.6 is 0 Å². The zero-order valence-corrected chi connectivity index (χ0v) is 17.5. The summed E-state index contributed by atoms with van der Waals surface area (Å²) in [4.78, 5) is 28.1. The van der Waals surface area contributed by atoms with Crippen LogP contribution in [-0.2, 0) is 17.9 Å². The summed E-state index contributed by atoms with van der Waals surface area (Å²) in [5, 5.41) is 2.95. The first kappa shape index (κ1) is 21.3. The third-order valence-electron chi connectivity index (χ3n) is 5.00. The van der Waals surface area contributed by atoms with E-state index in [0.717, 1.165) is 11.1 Å². The van der Waals surface area contributed by atoms with Gasteiger partial charge < -0.3 is 10.2 Å². The van der Waals surface area contributed by atoms with E-state index < -0.39 is 6.04 Å². The molecule has 3 rings (SSSR count). The number of carbonyl (C=O) groups is 2. The molecular weight excluding hydrogens is 372 g/mol. The van der Waals surface area contributed by atoms with Gasteiger partial charge in [-0.15, -0.1) is 0 Å². The normalized spacial score (nSPS) is 11.7. The molecule has 30 heavy (non-hydrogen) atoms. The van der Waals surface area contributed by atoms with Crippen molar-refractivity contribution in [3.63, 3.8) is 0 Å². The highest BCUT2D eigenvalue weighted by molar-refractivity contribution is 5.97. The van der Waals surface area contributed by atoms with Gasteiger partial charge in [-0.2, -0.15) is 0 Å². The lowest BCUT2D eigenvalue weighted by Crippen LogP contribution is -2.50. The summed E-state index contributed by atoms with van der Waals surface area (Å²) >= 11 is 0. The van der Waals surface area contributed by atoms with Crippen LogP contribution in [0.25, 0.3) is 0 Å². The van der Waals surface area contributed by atoms with Crippen molar-refractivity contribution in [2.75, 3.05) is 0 Å². The number of hydrogen-bond donors (Lipinski definition) is 1. The Morgan fingerprint density at radius 3 is 1.60 bits per heavy atom. The second kappa shape index (κ2) is 10.4. The monoisotopic (exact) mass is 400 g/mol. The summed E-state index contributed by atoms with van der Waals surface area (Å²) in [5.74, 6) is -0.358. The number of amides is 2. The van der Waals surface area contributed by atoms with Crippen molar-refractivity contribution in [2.24, 2.45) is 5.92 Å². The van der Waals surface area contributed by atoms with Crippen LogP contribution in [0.4, 0.5) is 0 Å². The Hall–Kier alpha value is -3.40. The molecule has 0 bridgehead atoms. The molecule has 0 aromatic heterocycles. The fourth-order valence-corrected chi connectivity index (χ4v) is 3.34. The highest BCUT2D eigenvalue weighted by Gasteiger charge is 2.29. The molecule has 0 aliphatic carbocycles. The molecule has 0 saturated heterocycles. The first-order valence-corrected chi connectivity index (χ1v) is 10.3. The Bertz CT molecular complexity index is 899. The van der Waals surface area contributed by atoms with Crippen molar-refractivity contribution < 1.29 is 9.59 Å². The first-order valence-electron chi connectivity index (χ1n) is 10.3. The Labute approximate surface area is 178 Å². The van der Waals surface area contributed by atoms with Gasteiger partial charge in [-0.25, -0.2) is 0 Å². The average Bonchev–Trinajstić information content (AvgIpc) is 2.78. The molecule has 2 amide bonds. The smallest absolute Gasteiger partial charge is 0.251 e. The molecule has 0 spiro atoms. The highest BCUT2D eigenvalue weighted by atomic mass is 16.2. The summed E-state index contributed by atoms with van der Waals surface area (Å²) in [6, 6.07) is 28.3. The summed E-state index contributed by atoms with van der Waals surface area (Å²) < 4.78 is 0. The Balaban J connectivity index is 1.83. The molecule has 1 N–H and O–H groups in total. The molecule has 0 radical (unpaired) electrons. The third-order valence-corrected chi connectivity index (χ3v) is 5.00. The molecule has 0 aliphatic rings. The molecular formula is C26H28N2O2. The van der Waals surface area contributed by atoms with Crippen molar-refractivity contribution in [3.8, 4) is 0 Å². The minimum absolute atomic E-state index is 0.0424. The van der Waals surface area contributed by atoms with Gasteiger partial charge in [0.25, 0.3) is 5.91 Å². The van der Waals surface area contributed by atoms with Gasteiger partial charge in [-0.3, -0.25) is 9.59 Å². The van der Waals surface area contributed by atoms with Crippen LogP contribution in [0.1, 0.15) is 35.3 Å². The number of nitrogens with zero attached hydrogens (tertiary/aromatic N) is 1. The molecule has 0 aliphatic heterocycles. The van der Waals surface area contributed by atoms with Crippen molar-refractivity contribution in [3.05, 3.63) is 108 Å². The van der Waals surface area contributed by atoms with Crippen molar-refractivity contribution in [1.82, 2.24) is 10.2 Å². The minimum atomic E-state index is -0.606. The van der Waals surface area contributed by atoms with Gasteiger partial charge in [0.15, 0.2) is 0 Å². The quantitative estimate of drug-likeness (QED) is 0.597. The molecule has 4 heteroatoms. The molecule has 3 aromatic rings. The SMILES string of the molecule is CC(C)[C@H](NC(=O)c1ccccc1)C(=O)N(Cc1ccccc1)Cc1ccccc1. The van der Waals surface area contributed by atoms with Crippen LogP contribution in [0.15, 0.2) is 91.0 Å². The predicted molar refractivity (Wildman–Crippen MR) is 120 cm³/mol. The van der Waals surface area contributed by atoms with E-state index in [9.17, 15) is 9.59 Å². The summed E-state index contributed by atoms with van der Waals surface area (Å²) in [6.07, 6.45) is 0. The fourth-order valence-electron chi connectivity index (χ4n) is 3.34. The summed E-state index contributed by atoms with van der Waals surface area (Å²) in [6.45, 7) is 4.88. The molecule has 1 atom stereocenters. The molecule has 154 valence electrons. The zero-order chi connectivity index (χ0) is 21.3. The average molecular weight is 401 g/mol. The van der Waals surface area contributed by atoms with Crippen LogP contribution in [-0.4, -0.2) is 22.8 Å². The van der Waals surface area contributed by atoms with Gasteiger partial charge in [0.2, 0.25) is 5.91 Å². The molecule has 0 saturated carbocycles. The van der Waals surface area contributed by atoms with Crippen LogP contribution in [0.2, 0.25) is 0 Å². The molecule has 0 unspecified atom stereocenters. The highest BCUT2D eigenvalue weighted by Crippen LogP contribution is 2.15. The van der Waals surface area contributed by atoms with Gasteiger partial charge >= 0.3 is 0 Å². The number of carbonyl (C=O) groups excluding carboxylic acids is 2. The lowest BCUT2D eigenvalue weighted by Gasteiger charge is -2.30. The van der Waals surface area contributed by atoms with Crippen molar-refractivity contribution >= 4 is 11.8 Å². The second-order valence-corrected chi connectivity index (χ2v) is 7.73. The Kier molecular flexibility index (Phi) is 7.39. The van der Waals surface area contributed by atoms with E-state index in [1.54, 1.807) is 12.1 Å². The van der Waals surface area contributed by atoms with Crippen LogP contribution < -0.4 is 5.32 Å². The van der Waals surface area contributed by atoms with Gasteiger partial charge in [-0.1, -0.05) is 92.7 Å². The Morgan fingerprint density at radius 1 is 0.733 bits per heavy atom. The lowest BCUT2D eigenvalue weighted by molar-refractivity contribution is -0.135. The van der Waals surface area contributed by atoms with E-state index in [2.05, 4.69) is 5.32 Å². The second-order valence-electron chi connectivity index (χ2n) is 7.73. The number of rotatable bonds is 8. The van der Waals surface area contributed by atoms with E-state index in [1.165, 1.54) is 0 Å². The molecule has 0 heterocycles. The third kappa shape index (κ3) is 5.80. The van der Waals surface area contributed by atoms with Gasteiger partial charge in [0.1, 0.15) is 6.04 Å². The summed E-state index contributed by atoms with van der Waals surface area (Å²) in [7, 11) is 0. The first-order chi connectivity index (χ1) is 14.5. The van der Waals surface area contributed by atoms with E-state index >= 15 is 0 Å². The number of nitrogens with one attached hydrogen (secondary N) is 1. The van der Waals surface area contributed by atoms with Crippen molar-refractivity contribution in [1.29, 1.82) is 0 Å². The zero-order valence-electron chi connectivity index (χ0n) is 17.5. The number of benzene rings is 3. The van der Waals surface area contributed by atoms with E-state index in [1.807, 2.05) is 97.6 Å². The molecule has 0 fully saturated rings. The fraction of sp³-hybridized carbons (Fsp3) is 0.231. The van der Waals surface area contributed by atoms with E-state index in [-0.39, 0.29) is 17.7 Å². The van der Waals surface area contributed by atoms with Gasteiger partial charge in [0, 0.05) is 18.7 Å². The maximum absolute atomic E-state index is 13.6. The minimum Gasteiger partial charge on any atom is -0.340 e. The number of hydrogen-bond acceptors (Lipinski definition) is 2.